The van der Waals surface area contributed by atoms with Gasteiger partial charge in [-0.05, 0) is 31.9 Å². The Labute approximate surface area is 94.2 Å². The van der Waals surface area contributed by atoms with Crippen LogP contribution in [0.4, 0.5) is 4.39 Å². The lowest BCUT2D eigenvalue weighted by Gasteiger charge is -2.35. The molecule has 1 aliphatic rings. The molecule has 0 N–H and O–H groups in total. The second kappa shape index (κ2) is 4.28. The third-order valence-corrected chi connectivity index (χ3v) is 2.90. The molecule has 4 heteroatoms. The first kappa shape index (κ1) is 11.2. The van der Waals surface area contributed by atoms with Crippen LogP contribution in [0.15, 0.2) is 22.8 Å². The van der Waals surface area contributed by atoms with Gasteiger partial charge in [-0.15, -0.1) is 0 Å². The Balaban J connectivity index is 1.94. The molecule has 0 bridgehead atoms. The van der Waals surface area contributed by atoms with Crippen molar-refractivity contribution in [3.05, 3.63) is 24.2 Å². The van der Waals surface area contributed by atoms with Crippen LogP contribution < -0.4 is 0 Å². The van der Waals surface area contributed by atoms with E-state index in [4.69, 9.17) is 4.42 Å². The first-order valence-corrected chi connectivity index (χ1v) is 5.56. The quantitative estimate of drug-likeness (QED) is 0.773. The second-order valence-electron chi connectivity index (χ2n) is 4.59. The van der Waals surface area contributed by atoms with E-state index >= 15 is 0 Å². The lowest BCUT2D eigenvalue weighted by Crippen LogP contribution is -2.46. The molecule has 1 fully saturated rings. The van der Waals surface area contributed by atoms with Gasteiger partial charge >= 0.3 is 0 Å². The predicted molar refractivity (Wildman–Crippen MR) is 57.7 cm³/mol. The Morgan fingerprint density at radius 3 is 3.12 bits per heavy atom. The van der Waals surface area contributed by atoms with Gasteiger partial charge in [0.05, 0.1) is 19.2 Å². The Morgan fingerprint density at radius 1 is 1.69 bits per heavy atom. The number of rotatable bonds is 2. The van der Waals surface area contributed by atoms with E-state index in [-0.39, 0.29) is 18.9 Å². The molecule has 3 nitrogen and oxygen atoms in total. The summed E-state index contributed by atoms with van der Waals surface area (Å²) in [6.45, 7) is 2.41. The van der Waals surface area contributed by atoms with Crippen molar-refractivity contribution in [2.24, 2.45) is 0 Å². The summed E-state index contributed by atoms with van der Waals surface area (Å²) in [5, 5.41) is 0. The molecule has 1 aromatic heterocycles. The normalized spacial score (nSPS) is 25.8. The summed E-state index contributed by atoms with van der Waals surface area (Å²) in [4.78, 5) is 13.4. The van der Waals surface area contributed by atoms with Crippen LogP contribution in [0.1, 0.15) is 25.5 Å². The highest BCUT2D eigenvalue weighted by molar-refractivity contribution is 5.78. The van der Waals surface area contributed by atoms with Crippen LogP contribution in [0.5, 0.6) is 0 Å². The maximum atomic E-state index is 13.7. The van der Waals surface area contributed by atoms with Crippen LogP contribution in [0, 0.1) is 0 Å². The fourth-order valence-corrected chi connectivity index (χ4v) is 2.08. The number of piperidine rings is 1. The van der Waals surface area contributed by atoms with Crippen LogP contribution in [-0.4, -0.2) is 29.6 Å². The predicted octanol–water partition coefficient (Wildman–Crippen LogP) is 2.17. The molecule has 0 aromatic carbocycles. The zero-order chi connectivity index (χ0) is 11.6. The van der Waals surface area contributed by atoms with Gasteiger partial charge < -0.3 is 9.32 Å². The van der Waals surface area contributed by atoms with Crippen molar-refractivity contribution in [2.75, 3.05) is 13.1 Å². The van der Waals surface area contributed by atoms with Gasteiger partial charge in [0.15, 0.2) is 0 Å². The monoisotopic (exact) mass is 225 g/mol. The molecular formula is C12H16FNO2. The van der Waals surface area contributed by atoms with Crippen LogP contribution in [0.25, 0.3) is 0 Å². The Morgan fingerprint density at radius 2 is 2.50 bits per heavy atom. The van der Waals surface area contributed by atoms with Gasteiger partial charge in [-0.1, -0.05) is 0 Å². The number of amides is 1. The van der Waals surface area contributed by atoms with Crippen molar-refractivity contribution in [3.63, 3.8) is 0 Å². The number of hydrogen-bond acceptors (Lipinski definition) is 2. The molecular weight excluding hydrogens is 209 g/mol. The van der Waals surface area contributed by atoms with Gasteiger partial charge in [-0.3, -0.25) is 4.79 Å². The highest BCUT2D eigenvalue weighted by Crippen LogP contribution is 2.24. The Hall–Kier alpha value is -1.32. The summed E-state index contributed by atoms with van der Waals surface area (Å²) in [5.74, 6) is 0.578. The molecule has 1 atom stereocenters. The minimum absolute atomic E-state index is 0.0569. The average Bonchev–Trinajstić information content (AvgIpc) is 2.69. The van der Waals surface area contributed by atoms with E-state index in [0.717, 1.165) is 6.42 Å². The van der Waals surface area contributed by atoms with E-state index in [1.54, 1.807) is 24.0 Å². The lowest BCUT2D eigenvalue weighted by atomic mass is 9.97. The van der Waals surface area contributed by atoms with E-state index in [9.17, 15) is 9.18 Å². The lowest BCUT2D eigenvalue weighted by molar-refractivity contribution is -0.134. The minimum Gasteiger partial charge on any atom is -0.469 e. The number of nitrogens with zero attached hydrogens (tertiary/aromatic N) is 1. The van der Waals surface area contributed by atoms with Gasteiger partial charge in [-0.25, -0.2) is 4.39 Å². The van der Waals surface area contributed by atoms with Gasteiger partial charge in [0, 0.05) is 6.54 Å². The van der Waals surface area contributed by atoms with Crippen LogP contribution in [0.2, 0.25) is 0 Å². The Bertz CT molecular complexity index is 359. The summed E-state index contributed by atoms with van der Waals surface area (Å²) < 4.78 is 18.8. The molecule has 0 radical (unpaired) electrons. The molecule has 88 valence electrons. The van der Waals surface area contributed by atoms with E-state index in [1.165, 1.54) is 6.26 Å². The fourth-order valence-electron chi connectivity index (χ4n) is 2.08. The average molecular weight is 225 g/mol. The van der Waals surface area contributed by atoms with Crippen LogP contribution >= 0.6 is 0 Å². The maximum absolute atomic E-state index is 13.7. The van der Waals surface area contributed by atoms with Gasteiger partial charge in [0.2, 0.25) is 5.91 Å². The van der Waals surface area contributed by atoms with E-state index in [2.05, 4.69) is 0 Å². The summed E-state index contributed by atoms with van der Waals surface area (Å²) >= 11 is 0. The number of hydrogen-bond donors (Lipinski definition) is 0. The summed E-state index contributed by atoms with van der Waals surface area (Å²) in [6, 6.07) is 3.51. The molecule has 2 rings (SSSR count). The van der Waals surface area contributed by atoms with Crippen molar-refractivity contribution in [3.8, 4) is 0 Å². The smallest absolute Gasteiger partial charge is 0.230 e. The maximum Gasteiger partial charge on any atom is 0.230 e. The number of carbonyl (C=O) groups excluding carboxylic acids is 1. The van der Waals surface area contributed by atoms with Crippen molar-refractivity contribution < 1.29 is 13.6 Å². The molecule has 1 saturated heterocycles. The molecule has 1 aromatic rings. The number of likely N-dealkylation sites (tertiary alicyclic amines) is 1. The summed E-state index contributed by atoms with van der Waals surface area (Å²) in [7, 11) is 0. The first-order valence-electron chi connectivity index (χ1n) is 5.56. The minimum atomic E-state index is -1.24. The zero-order valence-corrected chi connectivity index (χ0v) is 9.41. The number of halogens is 1. The standard InChI is InChI=1S/C12H16FNO2/c1-12(13)5-3-6-14(9-12)11(15)8-10-4-2-7-16-10/h2,4,7H,3,5-6,8-9H2,1H3/t12-/m0/s1. The second-order valence-corrected chi connectivity index (χ2v) is 4.59. The zero-order valence-electron chi connectivity index (χ0n) is 9.41. The van der Waals surface area contributed by atoms with E-state index in [1.807, 2.05) is 0 Å². The third-order valence-electron chi connectivity index (χ3n) is 2.90. The van der Waals surface area contributed by atoms with Crippen molar-refractivity contribution >= 4 is 5.91 Å². The molecule has 1 aliphatic heterocycles. The van der Waals surface area contributed by atoms with Crippen molar-refractivity contribution in [1.29, 1.82) is 0 Å². The summed E-state index contributed by atoms with van der Waals surface area (Å²) in [5.41, 5.74) is -1.24. The van der Waals surface area contributed by atoms with Gasteiger partial charge in [0.1, 0.15) is 11.4 Å². The van der Waals surface area contributed by atoms with Crippen LogP contribution in [0.3, 0.4) is 0 Å². The number of furan rings is 1. The number of alkyl halides is 1. The first-order chi connectivity index (χ1) is 7.57. The van der Waals surface area contributed by atoms with Gasteiger partial charge in [-0.2, -0.15) is 0 Å². The topological polar surface area (TPSA) is 33.5 Å². The molecule has 0 aliphatic carbocycles. The molecule has 16 heavy (non-hydrogen) atoms. The summed E-state index contributed by atoms with van der Waals surface area (Å²) in [6.07, 6.45) is 3.04. The molecule has 2 heterocycles. The molecule has 0 unspecified atom stereocenters. The van der Waals surface area contributed by atoms with Gasteiger partial charge in [0.25, 0.3) is 0 Å². The molecule has 0 saturated carbocycles. The Kier molecular flexibility index (Phi) is 2.99. The largest absolute Gasteiger partial charge is 0.469 e. The third kappa shape index (κ3) is 2.62. The van der Waals surface area contributed by atoms with Crippen molar-refractivity contribution in [2.45, 2.75) is 31.9 Å². The molecule has 0 spiro atoms. The highest BCUT2D eigenvalue weighted by Gasteiger charge is 2.32. The van der Waals surface area contributed by atoms with Crippen LogP contribution in [-0.2, 0) is 11.2 Å². The fraction of sp³-hybridized carbons (Fsp3) is 0.583. The van der Waals surface area contributed by atoms with E-state index < -0.39 is 5.67 Å². The molecule has 1 amide bonds. The van der Waals surface area contributed by atoms with Crippen molar-refractivity contribution in [1.82, 2.24) is 4.90 Å². The van der Waals surface area contributed by atoms with E-state index in [0.29, 0.717) is 18.7 Å². The SMILES string of the molecule is C[C@]1(F)CCCN(C(=O)Cc2ccco2)C1. The number of carbonyl (C=O) groups is 1. The highest BCUT2D eigenvalue weighted by atomic mass is 19.1.